The largest absolute Gasteiger partial charge is 0.411 e. The lowest BCUT2D eigenvalue weighted by molar-refractivity contribution is -0.384. The summed E-state index contributed by atoms with van der Waals surface area (Å²) in [6.07, 6.45) is 3.24. The van der Waals surface area contributed by atoms with E-state index in [2.05, 4.69) is 20.5 Å². The third-order valence-electron chi connectivity index (χ3n) is 3.31. The smallest absolute Gasteiger partial charge is 0.277 e. The summed E-state index contributed by atoms with van der Waals surface area (Å²) in [6, 6.07) is 9.14. The van der Waals surface area contributed by atoms with Crippen LogP contribution in [0, 0.1) is 10.1 Å². The molecule has 1 atom stereocenters. The highest BCUT2D eigenvalue weighted by Crippen LogP contribution is 2.26. The Morgan fingerprint density at radius 2 is 2.04 bits per heavy atom. The number of aromatic nitrogens is 3. The number of thioether (sulfide) groups is 1. The van der Waals surface area contributed by atoms with E-state index in [0.29, 0.717) is 17.1 Å². The number of amides is 1. The van der Waals surface area contributed by atoms with Gasteiger partial charge in [-0.15, -0.1) is 10.2 Å². The fourth-order valence-corrected chi connectivity index (χ4v) is 2.66. The number of pyridine rings is 1. The molecule has 2 aromatic heterocycles. The molecular formula is C16H13N5O4S. The zero-order valence-electron chi connectivity index (χ0n) is 13.5. The van der Waals surface area contributed by atoms with Gasteiger partial charge < -0.3 is 9.73 Å². The Bertz CT molecular complexity index is 914. The predicted octanol–water partition coefficient (Wildman–Crippen LogP) is 3.16. The maximum absolute atomic E-state index is 12.2. The molecule has 3 aromatic rings. The predicted molar refractivity (Wildman–Crippen MR) is 94.6 cm³/mol. The summed E-state index contributed by atoms with van der Waals surface area (Å²) in [5.74, 6) is 0.0357. The summed E-state index contributed by atoms with van der Waals surface area (Å²) in [6.45, 7) is 1.69. The van der Waals surface area contributed by atoms with Gasteiger partial charge in [0.15, 0.2) is 0 Å². The molecule has 0 aliphatic carbocycles. The number of nitrogens with zero attached hydrogens (tertiary/aromatic N) is 4. The third-order valence-corrected chi connectivity index (χ3v) is 4.24. The van der Waals surface area contributed by atoms with Crippen molar-refractivity contribution in [3.05, 3.63) is 58.9 Å². The maximum Gasteiger partial charge on any atom is 0.277 e. The Hall–Kier alpha value is -3.27. The molecule has 0 aliphatic rings. The van der Waals surface area contributed by atoms with Crippen LogP contribution < -0.4 is 5.32 Å². The minimum Gasteiger partial charge on any atom is -0.411 e. The van der Waals surface area contributed by atoms with E-state index >= 15 is 0 Å². The standard InChI is InChI=1S/C16H13N5O4S/c1-10(14(22)18-12-4-6-13(7-5-12)21(23)24)26-16-20-19-15(25-16)11-3-2-8-17-9-11/h2-10H,1H3,(H,18,22). The topological polar surface area (TPSA) is 124 Å². The molecule has 2 heterocycles. The first-order chi connectivity index (χ1) is 12.5. The van der Waals surface area contributed by atoms with Crippen LogP contribution in [0.15, 0.2) is 58.4 Å². The molecule has 132 valence electrons. The van der Waals surface area contributed by atoms with E-state index in [0.717, 1.165) is 11.8 Å². The first kappa shape index (κ1) is 17.5. The molecule has 0 spiro atoms. The number of rotatable bonds is 6. The molecule has 26 heavy (non-hydrogen) atoms. The van der Waals surface area contributed by atoms with Crippen LogP contribution in [0.2, 0.25) is 0 Å². The van der Waals surface area contributed by atoms with Gasteiger partial charge in [0.25, 0.3) is 10.9 Å². The van der Waals surface area contributed by atoms with Crippen molar-refractivity contribution in [1.82, 2.24) is 15.2 Å². The number of nitro benzene ring substituents is 1. The second-order valence-corrected chi connectivity index (χ2v) is 6.46. The van der Waals surface area contributed by atoms with Gasteiger partial charge in [-0.3, -0.25) is 19.9 Å². The van der Waals surface area contributed by atoms with E-state index < -0.39 is 10.2 Å². The molecule has 0 saturated carbocycles. The minimum atomic E-state index is -0.507. The van der Waals surface area contributed by atoms with Crippen LogP contribution in [0.3, 0.4) is 0 Å². The lowest BCUT2D eigenvalue weighted by Gasteiger charge is -2.09. The van der Waals surface area contributed by atoms with Gasteiger partial charge in [-0.2, -0.15) is 0 Å². The second-order valence-electron chi connectivity index (χ2n) is 5.17. The number of hydrogen-bond donors (Lipinski definition) is 1. The van der Waals surface area contributed by atoms with Crippen LogP contribution in [-0.4, -0.2) is 31.3 Å². The lowest BCUT2D eigenvalue weighted by atomic mass is 10.3. The molecule has 9 nitrogen and oxygen atoms in total. The van der Waals surface area contributed by atoms with Gasteiger partial charge in [0, 0.05) is 30.2 Å². The van der Waals surface area contributed by atoms with Crippen LogP contribution in [-0.2, 0) is 4.79 Å². The van der Waals surface area contributed by atoms with Gasteiger partial charge in [0.2, 0.25) is 11.8 Å². The molecule has 0 aliphatic heterocycles. The summed E-state index contributed by atoms with van der Waals surface area (Å²) < 4.78 is 5.53. The van der Waals surface area contributed by atoms with Crippen molar-refractivity contribution in [3.8, 4) is 11.5 Å². The van der Waals surface area contributed by atoms with E-state index in [4.69, 9.17) is 4.42 Å². The fourth-order valence-electron chi connectivity index (χ4n) is 1.98. The quantitative estimate of drug-likeness (QED) is 0.398. The zero-order chi connectivity index (χ0) is 18.5. The van der Waals surface area contributed by atoms with Gasteiger partial charge in [-0.25, -0.2) is 0 Å². The van der Waals surface area contributed by atoms with Gasteiger partial charge in [0.1, 0.15) is 0 Å². The molecule has 0 bridgehead atoms. The second kappa shape index (κ2) is 7.74. The molecule has 0 saturated heterocycles. The minimum absolute atomic E-state index is 0.0424. The normalized spacial score (nSPS) is 11.7. The molecule has 1 N–H and O–H groups in total. The summed E-state index contributed by atoms with van der Waals surface area (Å²) in [5, 5.41) is 20.9. The van der Waals surface area contributed by atoms with E-state index in [1.165, 1.54) is 24.3 Å². The van der Waals surface area contributed by atoms with Gasteiger partial charge in [0.05, 0.1) is 15.7 Å². The van der Waals surface area contributed by atoms with Crippen molar-refractivity contribution in [3.63, 3.8) is 0 Å². The Balaban J connectivity index is 1.61. The van der Waals surface area contributed by atoms with Crippen LogP contribution in [0.5, 0.6) is 0 Å². The number of hydrogen-bond acceptors (Lipinski definition) is 8. The number of carbonyl (C=O) groups is 1. The van der Waals surface area contributed by atoms with Crippen LogP contribution in [0.4, 0.5) is 11.4 Å². The monoisotopic (exact) mass is 371 g/mol. The Morgan fingerprint density at radius 1 is 1.27 bits per heavy atom. The van der Waals surface area contributed by atoms with Crippen molar-refractivity contribution in [2.24, 2.45) is 0 Å². The first-order valence-corrected chi connectivity index (χ1v) is 8.37. The van der Waals surface area contributed by atoms with Crippen molar-refractivity contribution in [2.75, 3.05) is 5.32 Å². The number of nitrogens with one attached hydrogen (secondary N) is 1. The number of anilines is 1. The summed E-state index contributed by atoms with van der Waals surface area (Å²) in [4.78, 5) is 26.4. The maximum atomic E-state index is 12.2. The highest BCUT2D eigenvalue weighted by atomic mass is 32.2. The van der Waals surface area contributed by atoms with Crippen LogP contribution in [0.1, 0.15) is 6.92 Å². The fraction of sp³-hybridized carbons (Fsp3) is 0.125. The van der Waals surface area contributed by atoms with Gasteiger partial charge in [-0.05, 0) is 31.2 Å². The van der Waals surface area contributed by atoms with E-state index in [-0.39, 0.29) is 16.8 Å². The number of carbonyl (C=O) groups excluding carboxylic acids is 1. The molecule has 0 fully saturated rings. The van der Waals surface area contributed by atoms with Crippen molar-refractivity contribution in [1.29, 1.82) is 0 Å². The zero-order valence-corrected chi connectivity index (χ0v) is 14.3. The van der Waals surface area contributed by atoms with Gasteiger partial charge in [-0.1, -0.05) is 11.8 Å². The highest BCUT2D eigenvalue weighted by Gasteiger charge is 2.19. The Morgan fingerprint density at radius 3 is 2.69 bits per heavy atom. The molecule has 10 heteroatoms. The molecule has 3 rings (SSSR count). The van der Waals surface area contributed by atoms with Crippen molar-refractivity contribution in [2.45, 2.75) is 17.4 Å². The Kier molecular flexibility index (Phi) is 5.23. The highest BCUT2D eigenvalue weighted by molar-refractivity contribution is 8.00. The average molecular weight is 371 g/mol. The molecule has 1 amide bonds. The van der Waals surface area contributed by atoms with E-state index in [1.807, 2.05) is 0 Å². The lowest BCUT2D eigenvalue weighted by Crippen LogP contribution is -2.22. The number of non-ortho nitro benzene ring substituents is 1. The number of benzene rings is 1. The molecule has 0 radical (unpaired) electrons. The summed E-state index contributed by atoms with van der Waals surface area (Å²) in [7, 11) is 0. The third kappa shape index (κ3) is 4.22. The summed E-state index contributed by atoms with van der Waals surface area (Å²) >= 11 is 1.11. The number of nitro groups is 1. The molecule has 1 aromatic carbocycles. The molecular weight excluding hydrogens is 358 g/mol. The van der Waals surface area contributed by atoms with Crippen molar-refractivity contribution >= 4 is 29.0 Å². The average Bonchev–Trinajstić information content (AvgIpc) is 3.11. The van der Waals surface area contributed by atoms with E-state index in [9.17, 15) is 14.9 Å². The van der Waals surface area contributed by atoms with Crippen LogP contribution in [0.25, 0.3) is 11.5 Å². The first-order valence-electron chi connectivity index (χ1n) is 7.49. The van der Waals surface area contributed by atoms with Gasteiger partial charge >= 0.3 is 0 Å². The van der Waals surface area contributed by atoms with Crippen molar-refractivity contribution < 1.29 is 14.1 Å². The molecule has 1 unspecified atom stereocenters. The summed E-state index contributed by atoms with van der Waals surface area (Å²) in [5.41, 5.74) is 1.11. The SMILES string of the molecule is CC(Sc1nnc(-c2cccnc2)o1)C(=O)Nc1ccc([N+](=O)[O-])cc1. The van der Waals surface area contributed by atoms with Crippen LogP contribution >= 0.6 is 11.8 Å². The Labute approximate surface area is 152 Å². The van der Waals surface area contributed by atoms with E-state index in [1.54, 1.807) is 31.5 Å².